The molecule has 0 radical (unpaired) electrons. The van der Waals surface area contributed by atoms with Crippen LogP contribution in [0.2, 0.25) is 0 Å². The van der Waals surface area contributed by atoms with E-state index in [1.165, 1.54) is 0 Å². The molecule has 0 bridgehead atoms. The molecular formula is C23H22N4O3. The van der Waals surface area contributed by atoms with E-state index in [4.69, 9.17) is 10.5 Å². The standard InChI is InChI=1S/C23H22N4O3/c24-22(28)17-4-8-19(9-5-17)30-20-10-6-18(7-11-20)23(29)27-15-13-26(14-16-27)21-3-1-2-12-25-21/h1-12H,13-16H2,(H2,24,28). The molecule has 30 heavy (non-hydrogen) atoms. The maximum atomic E-state index is 12.8. The molecule has 7 nitrogen and oxygen atoms in total. The predicted molar refractivity (Wildman–Crippen MR) is 114 cm³/mol. The van der Waals surface area contributed by atoms with Gasteiger partial charge in [-0.3, -0.25) is 9.59 Å². The van der Waals surface area contributed by atoms with Gasteiger partial charge in [0.25, 0.3) is 5.91 Å². The first-order valence-electron chi connectivity index (χ1n) is 9.73. The van der Waals surface area contributed by atoms with Crippen LogP contribution in [0.4, 0.5) is 5.82 Å². The summed E-state index contributed by atoms with van der Waals surface area (Å²) >= 11 is 0. The number of aromatic nitrogens is 1. The number of ether oxygens (including phenoxy) is 1. The summed E-state index contributed by atoms with van der Waals surface area (Å²) in [5, 5.41) is 0. The van der Waals surface area contributed by atoms with Gasteiger partial charge in [0.1, 0.15) is 17.3 Å². The van der Waals surface area contributed by atoms with Crippen LogP contribution in [0, 0.1) is 0 Å². The minimum atomic E-state index is -0.481. The summed E-state index contributed by atoms with van der Waals surface area (Å²) in [6.07, 6.45) is 1.78. The number of anilines is 1. The number of nitrogens with zero attached hydrogens (tertiary/aromatic N) is 3. The Kier molecular flexibility index (Phi) is 5.61. The molecule has 1 aliphatic heterocycles. The van der Waals surface area contributed by atoms with Crippen LogP contribution in [0.3, 0.4) is 0 Å². The minimum absolute atomic E-state index is 0.00744. The summed E-state index contributed by atoms with van der Waals surface area (Å²) in [5.74, 6) is 1.66. The van der Waals surface area contributed by atoms with E-state index < -0.39 is 5.91 Å². The molecule has 1 saturated heterocycles. The second-order valence-corrected chi connectivity index (χ2v) is 6.98. The molecule has 2 N–H and O–H groups in total. The minimum Gasteiger partial charge on any atom is -0.457 e. The Labute approximate surface area is 174 Å². The molecule has 3 aromatic rings. The van der Waals surface area contributed by atoms with E-state index in [-0.39, 0.29) is 5.91 Å². The Morgan fingerprint density at radius 1 is 0.800 bits per heavy atom. The average Bonchev–Trinajstić information content (AvgIpc) is 2.80. The third kappa shape index (κ3) is 4.41. The smallest absolute Gasteiger partial charge is 0.253 e. The number of piperazine rings is 1. The highest BCUT2D eigenvalue weighted by molar-refractivity contribution is 5.94. The summed E-state index contributed by atoms with van der Waals surface area (Å²) in [7, 11) is 0. The number of carbonyl (C=O) groups is 2. The lowest BCUT2D eigenvalue weighted by atomic mass is 10.1. The van der Waals surface area contributed by atoms with Crippen LogP contribution >= 0.6 is 0 Å². The number of carbonyl (C=O) groups excluding carboxylic acids is 2. The van der Waals surface area contributed by atoms with Gasteiger partial charge in [0.15, 0.2) is 0 Å². The number of benzene rings is 2. The highest BCUT2D eigenvalue weighted by atomic mass is 16.5. The van der Waals surface area contributed by atoms with E-state index >= 15 is 0 Å². The number of nitrogens with two attached hydrogens (primary N) is 1. The highest BCUT2D eigenvalue weighted by Gasteiger charge is 2.22. The zero-order valence-electron chi connectivity index (χ0n) is 16.4. The largest absolute Gasteiger partial charge is 0.457 e. The topological polar surface area (TPSA) is 88.8 Å². The molecule has 2 amide bonds. The summed E-state index contributed by atoms with van der Waals surface area (Å²) < 4.78 is 5.77. The Hall–Kier alpha value is -3.87. The van der Waals surface area contributed by atoms with Gasteiger partial charge in [-0.1, -0.05) is 6.07 Å². The lowest BCUT2D eigenvalue weighted by Crippen LogP contribution is -2.49. The fourth-order valence-corrected chi connectivity index (χ4v) is 3.35. The predicted octanol–water partition coefficient (Wildman–Crippen LogP) is 2.94. The van der Waals surface area contributed by atoms with Crippen LogP contribution in [0.15, 0.2) is 72.9 Å². The third-order valence-corrected chi connectivity index (χ3v) is 5.02. The Bertz CT molecular complexity index is 1010. The summed E-state index contributed by atoms with van der Waals surface area (Å²) in [4.78, 5) is 32.4. The van der Waals surface area contributed by atoms with Crippen LogP contribution in [0.5, 0.6) is 11.5 Å². The van der Waals surface area contributed by atoms with Crippen molar-refractivity contribution in [2.75, 3.05) is 31.1 Å². The molecule has 2 aromatic carbocycles. The molecular weight excluding hydrogens is 380 g/mol. The maximum absolute atomic E-state index is 12.8. The van der Waals surface area contributed by atoms with Gasteiger partial charge in [0, 0.05) is 43.5 Å². The number of rotatable bonds is 5. The number of hydrogen-bond acceptors (Lipinski definition) is 5. The zero-order valence-corrected chi connectivity index (χ0v) is 16.4. The van der Waals surface area contributed by atoms with Crippen molar-refractivity contribution in [2.45, 2.75) is 0 Å². The van der Waals surface area contributed by atoms with Crippen molar-refractivity contribution in [3.05, 3.63) is 84.1 Å². The lowest BCUT2D eigenvalue weighted by molar-refractivity contribution is 0.0746. The molecule has 1 fully saturated rings. The van der Waals surface area contributed by atoms with Crippen LogP contribution in [0.25, 0.3) is 0 Å². The van der Waals surface area contributed by atoms with Crippen LogP contribution in [-0.4, -0.2) is 47.9 Å². The lowest BCUT2D eigenvalue weighted by Gasteiger charge is -2.35. The average molecular weight is 402 g/mol. The SMILES string of the molecule is NC(=O)c1ccc(Oc2ccc(C(=O)N3CCN(c4ccccn4)CC3)cc2)cc1. The highest BCUT2D eigenvalue weighted by Crippen LogP contribution is 2.23. The molecule has 7 heteroatoms. The van der Waals surface area contributed by atoms with Crippen molar-refractivity contribution in [3.63, 3.8) is 0 Å². The first-order chi connectivity index (χ1) is 14.6. The third-order valence-electron chi connectivity index (χ3n) is 5.02. The monoisotopic (exact) mass is 402 g/mol. The molecule has 0 unspecified atom stereocenters. The van der Waals surface area contributed by atoms with Gasteiger partial charge in [-0.15, -0.1) is 0 Å². The van der Waals surface area contributed by atoms with Gasteiger partial charge in [-0.05, 0) is 60.7 Å². The van der Waals surface area contributed by atoms with E-state index in [1.807, 2.05) is 23.1 Å². The van der Waals surface area contributed by atoms with Crippen molar-refractivity contribution in [1.29, 1.82) is 0 Å². The molecule has 0 aliphatic carbocycles. The second-order valence-electron chi connectivity index (χ2n) is 6.98. The quantitative estimate of drug-likeness (QED) is 0.709. The van der Waals surface area contributed by atoms with E-state index in [1.54, 1.807) is 54.7 Å². The zero-order chi connectivity index (χ0) is 20.9. The van der Waals surface area contributed by atoms with Crippen molar-refractivity contribution in [1.82, 2.24) is 9.88 Å². The number of amides is 2. The molecule has 0 atom stereocenters. The summed E-state index contributed by atoms with van der Waals surface area (Å²) in [6.45, 7) is 2.82. The Balaban J connectivity index is 1.34. The van der Waals surface area contributed by atoms with E-state index in [9.17, 15) is 9.59 Å². The molecule has 4 rings (SSSR count). The molecule has 0 saturated carbocycles. The molecule has 0 spiro atoms. The van der Waals surface area contributed by atoms with Crippen molar-refractivity contribution >= 4 is 17.6 Å². The maximum Gasteiger partial charge on any atom is 0.253 e. The molecule has 2 heterocycles. The number of hydrogen-bond donors (Lipinski definition) is 1. The first kappa shape index (κ1) is 19.4. The Morgan fingerprint density at radius 3 is 1.93 bits per heavy atom. The first-order valence-corrected chi connectivity index (χ1v) is 9.73. The van der Waals surface area contributed by atoms with Gasteiger partial charge in [0.2, 0.25) is 5.91 Å². The summed E-state index contributed by atoms with van der Waals surface area (Å²) in [5.41, 5.74) is 6.28. The van der Waals surface area contributed by atoms with E-state index in [0.717, 1.165) is 18.9 Å². The van der Waals surface area contributed by atoms with E-state index in [0.29, 0.717) is 35.7 Å². The van der Waals surface area contributed by atoms with Crippen molar-refractivity contribution in [3.8, 4) is 11.5 Å². The van der Waals surface area contributed by atoms with Gasteiger partial charge < -0.3 is 20.3 Å². The van der Waals surface area contributed by atoms with E-state index in [2.05, 4.69) is 9.88 Å². The fourth-order valence-electron chi connectivity index (χ4n) is 3.35. The molecule has 1 aliphatic rings. The number of primary amides is 1. The van der Waals surface area contributed by atoms with Crippen LogP contribution < -0.4 is 15.4 Å². The number of pyridine rings is 1. The van der Waals surface area contributed by atoms with Crippen LogP contribution in [0.1, 0.15) is 20.7 Å². The molecule has 152 valence electrons. The van der Waals surface area contributed by atoms with Gasteiger partial charge in [0.05, 0.1) is 0 Å². The molecule has 1 aromatic heterocycles. The van der Waals surface area contributed by atoms with Crippen LogP contribution in [-0.2, 0) is 0 Å². The van der Waals surface area contributed by atoms with Gasteiger partial charge >= 0.3 is 0 Å². The second kappa shape index (κ2) is 8.65. The van der Waals surface area contributed by atoms with Gasteiger partial charge in [-0.2, -0.15) is 0 Å². The normalized spacial score (nSPS) is 13.7. The summed E-state index contributed by atoms with van der Waals surface area (Å²) in [6, 6.07) is 19.5. The fraction of sp³-hybridized carbons (Fsp3) is 0.174. The van der Waals surface area contributed by atoms with Crippen molar-refractivity contribution in [2.24, 2.45) is 5.73 Å². The van der Waals surface area contributed by atoms with Gasteiger partial charge in [-0.25, -0.2) is 4.98 Å². The Morgan fingerprint density at radius 2 is 1.40 bits per heavy atom. The van der Waals surface area contributed by atoms with Crippen molar-refractivity contribution < 1.29 is 14.3 Å².